The number of rotatable bonds is 2. The van der Waals surface area contributed by atoms with Gasteiger partial charge in [-0.2, -0.15) is 0 Å². The van der Waals surface area contributed by atoms with Gasteiger partial charge in [-0.1, -0.05) is 99.9 Å². The fourth-order valence-electron chi connectivity index (χ4n) is 6.72. The minimum Gasteiger partial charge on any atom is -0.310 e. The lowest BCUT2D eigenvalue weighted by atomic mass is 9.69. The molecule has 3 heteroatoms. The smallest absolute Gasteiger partial charge is 0.139 e. The summed E-state index contributed by atoms with van der Waals surface area (Å²) >= 11 is 0. The van der Waals surface area contributed by atoms with E-state index in [0.717, 1.165) is 0 Å². The molecule has 0 unspecified atom stereocenters. The molecule has 190 valence electrons. The quantitative estimate of drug-likeness (QED) is 0.224. The van der Waals surface area contributed by atoms with Crippen molar-refractivity contribution in [1.29, 1.82) is 0 Å². The van der Waals surface area contributed by atoms with Crippen molar-refractivity contribution in [1.82, 2.24) is 0 Å². The van der Waals surface area contributed by atoms with Crippen LogP contribution in [0.5, 0.6) is 0 Å². The summed E-state index contributed by atoms with van der Waals surface area (Å²) in [5, 5.41) is 0. The molecule has 0 atom stereocenters. The molecule has 0 amide bonds. The third-order valence-electron chi connectivity index (χ3n) is 8.89. The van der Waals surface area contributed by atoms with Crippen molar-refractivity contribution >= 4 is 47.4 Å². The second-order valence-electron chi connectivity index (χ2n) is 12.0. The predicted molar refractivity (Wildman–Crippen MR) is 168 cm³/mol. The molecule has 39 heavy (non-hydrogen) atoms. The Kier molecular flexibility index (Phi) is 5.13. The van der Waals surface area contributed by atoms with Crippen LogP contribution in [0.3, 0.4) is 0 Å². The second kappa shape index (κ2) is 8.38. The van der Waals surface area contributed by atoms with Crippen LogP contribution < -0.4 is 15.3 Å². The lowest BCUT2D eigenvalue weighted by molar-refractivity contribution is 0.615. The molecule has 0 spiro atoms. The summed E-state index contributed by atoms with van der Waals surface area (Å²) in [5.74, 6) is 0. The maximum absolute atomic E-state index is 2.48. The molecule has 0 saturated heterocycles. The molecule has 0 bridgehead atoms. The minimum absolute atomic E-state index is 0.160. The molecule has 0 radical (unpaired) electrons. The Bertz CT molecular complexity index is 1720. The number of fused-ring (bicyclic) bond motifs is 4. The van der Waals surface area contributed by atoms with Gasteiger partial charge in [0.25, 0.3) is 0 Å². The van der Waals surface area contributed by atoms with E-state index in [9.17, 15) is 0 Å². The molecule has 0 N–H and O–H groups in total. The van der Waals surface area contributed by atoms with Crippen LogP contribution in [0.1, 0.15) is 49.9 Å². The van der Waals surface area contributed by atoms with Gasteiger partial charge in [0, 0.05) is 22.2 Å². The van der Waals surface area contributed by atoms with Crippen LogP contribution in [0.25, 0.3) is 0 Å². The average molecular weight is 504 g/mol. The van der Waals surface area contributed by atoms with Crippen molar-refractivity contribution in [3.63, 3.8) is 0 Å². The molecule has 5 aromatic carbocycles. The van der Waals surface area contributed by atoms with Crippen LogP contribution in [0.4, 0.5) is 34.1 Å². The zero-order valence-corrected chi connectivity index (χ0v) is 23.4. The summed E-state index contributed by atoms with van der Waals surface area (Å²) in [6, 6.07) is 42.5. The summed E-state index contributed by atoms with van der Waals surface area (Å²) in [7, 11) is 2.15. The van der Waals surface area contributed by atoms with Crippen molar-refractivity contribution in [2.75, 3.05) is 9.80 Å². The molecule has 7 rings (SSSR count). The van der Waals surface area contributed by atoms with Crippen molar-refractivity contribution < 1.29 is 0 Å². The van der Waals surface area contributed by atoms with E-state index in [1.807, 2.05) is 0 Å². The largest absolute Gasteiger partial charge is 0.310 e. The van der Waals surface area contributed by atoms with Gasteiger partial charge in [0.15, 0.2) is 0 Å². The molecule has 0 aliphatic carbocycles. The van der Waals surface area contributed by atoms with E-state index < -0.39 is 0 Å². The highest BCUT2D eigenvalue weighted by atomic mass is 15.2. The van der Waals surface area contributed by atoms with Crippen LogP contribution in [0, 0.1) is 0 Å². The number of anilines is 6. The molecule has 2 heterocycles. The van der Waals surface area contributed by atoms with Gasteiger partial charge in [0.05, 0.1) is 22.7 Å². The maximum Gasteiger partial charge on any atom is 0.139 e. The molecule has 5 aromatic rings. The fraction of sp³-hybridized carbons (Fsp3) is 0.167. The second-order valence-corrected chi connectivity index (χ2v) is 12.0. The Morgan fingerprint density at radius 2 is 0.846 bits per heavy atom. The highest BCUT2D eigenvalue weighted by Gasteiger charge is 2.42. The summed E-state index contributed by atoms with van der Waals surface area (Å²) in [5.41, 5.74) is 13.7. The Morgan fingerprint density at radius 1 is 0.436 bits per heavy atom. The summed E-state index contributed by atoms with van der Waals surface area (Å²) < 4.78 is 0. The Labute approximate surface area is 233 Å². The predicted octanol–water partition coefficient (Wildman–Crippen LogP) is 8.16. The highest BCUT2D eigenvalue weighted by molar-refractivity contribution is 6.32. The molecular formula is C36H33BN2. The lowest BCUT2D eigenvalue weighted by Gasteiger charge is -2.47. The Balaban J connectivity index is 1.56. The third kappa shape index (κ3) is 3.42. The molecule has 2 aliphatic heterocycles. The van der Waals surface area contributed by atoms with Crippen molar-refractivity contribution in [3.05, 3.63) is 138 Å². The van der Waals surface area contributed by atoms with Crippen molar-refractivity contribution in [2.45, 2.75) is 38.5 Å². The molecule has 0 fully saturated rings. The molecule has 0 aromatic heterocycles. The summed E-state index contributed by atoms with van der Waals surface area (Å²) in [6.07, 6.45) is 0. The zero-order valence-electron chi connectivity index (χ0n) is 23.4. The summed E-state index contributed by atoms with van der Waals surface area (Å²) in [4.78, 5) is 4.93. The fourth-order valence-corrected chi connectivity index (χ4v) is 6.72. The first-order valence-electron chi connectivity index (χ1n) is 13.9. The first-order chi connectivity index (χ1) is 18.8. The Hall–Kier alpha value is -4.24. The van der Waals surface area contributed by atoms with Crippen LogP contribution in [0.15, 0.2) is 115 Å². The number of nitrogens with zero attached hydrogens (tertiary/aromatic N) is 2. The first-order valence-corrected chi connectivity index (χ1v) is 13.9. The highest BCUT2D eigenvalue weighted by Crippen LogP contribution is 2.58. The van der Waals surface area contributed by atoms with Crippen LogP contribution in [0.2, 0.25) is 0 Å². The molecular weight excluding hydrogens is 471 g/mol. The number of benzene rings is 5. The van der Waals surface area contributed by atoms with E-state index in [2.05, 4.69) is 161 Å². The first kappa shape index (κ1) is 23.9. The van der Waals surface area contributed by atoms with Gasteiger partial charge in [0.2, 0.25) is 0 Å². The van der Waals surface area contributed by atoms with Crippen LogP contribution in [-0.4, -0.2) is 7.85 Å². The third-order valence-corrected chi connectivity index (χ3v) is 8.89. The van der Waals surface area contributed by atoms with E-state index in [4.69, 9.17) is 0 Å². The van der Waals surface area contributed by atoms with E-state index in [0.29, 0.717) is 0 Å². The molecule has 2 nitrogen and oxygen atoms in total. The van der Waals surface area contributed by atoms with Gasteiger partial charge in [-0.15, -0.1) is 0 Å². The van der Waals surface area contributed by atoms with Crippen molar-refractivity contribution in [3.8, 4) is 0 Å². The van der Waals surface area contributed by atoms with Crippen LogP contribution in [-0.2, 0) is 10.8 Å². The number of para-hydroxylation sites is 3. The SMILES string of the molecule is Bc1ccc(N2c3ccccc3C(C)(C)c3cc4c(cc32)C(C)(C)c2ccccc2N4c2ccccc2)cc1. The maximum atomic E-state index is 2.48. The summed E-state index contributed by atoms with van der Waals surface area (Å²) in [6.45, 7) is 9.49. The van der Waals surface area contributed by atoms with E-state index in [1.54, 1.807) is 0 Å². The van der Waals surface area contributed by atoms with Gasteiger partial charge in [-0.05, 0) is 70.8 Å². The van der Waals surface area contributed by atoms with Crippen LogP contribution >= 0.6 is 0 Å². The molecule has 0 saturated carbocycles. The monoisotopic (exact) mass is 504 g/mol. The van der Waals surface area contributed by atoms with Gasteiger partial charge >= 0.3 is 0 Å². The average Bonchev–Trinajstić information content (AvgIpc) is 2.95. The number of hydrogen-bond donors (Lipinski definition) is 0. The Morgan fingerprint density at radius 3 is 1.33 bits per heavy atom. The van der Waals surface area contributed by atoms with E-state index >= 15 is 0 Å². The normalized spacial score (nSPS) is 16.1. The van der Waals surface area contributed by atoms with E-state index in [1.165, 1.54) is 61.8 Å². The van der Waals surface area contributed by atoms with Gasteiger partial charge in [0.1, 0.15) is 7.85 Å². The van der Waals surface area contributed by atoms with Gasteiger partial charge in [-0.25, -0.2) is 0 Å². The van der Waals surface area contributed by atoms with Gasteiger partial charge in [-0.3, -0.25) is 0 Å². The number of hydrogen-bond acceptors (Lipinski definition) is 2. The standard InChI is InChI=1S/C36H33BN2/c1-35(2)27-14-8-10-16-31(27)38(25-12-6-5-7-13-25)33-22-30-34(23-29(33)35)39(26-20-18-24(37)19-21-26)32-17-11-9-15-28(32)36(30,3)4/h5-23H,37H2,1-4H3. The zero-order chi connectivity index (χ0) is 26.9. The molecule has 2 aliphatic rings. The minimum atomic E-state index is -0.161. The van der Waals surface area contributed by atoms with Gasteiger partial charge < -0.3 is 9.80 Å². The topological polar surface area (TPSA) is 6.48 Å². The van der Waals surface area contributed by atoms with E-state index in [-0.39, 0.29) is 10.8 Å². The van der Waals surface area contributed by atoms with Crippen molar-refractivity contribution in [2.24, 2.45) is 0 Å². The lowest BCUT2D eigenvalue weighted by Crippen LogP contribution is -2.35.